The van der Waals surface area contributed by atoms with Crippen LogP contribution in [0.1, 0.15) is 11.7 Å². The van der Waals surface area contributed by atoms with Gasteiger partial charge >= 0.3 is 5.51 Å². The van der Waals surface area contributed by atoms with Gasteiger partial charge in [-0.25, -0.2) is 0 Å². The van der Waals surface area contributed by atoms with Gasteiger partial charge in [0.1, 0.15) is 6.10 Å². The minimum Gasteiger partial charge on any atom is -0.389 e. The van der Waals surface area contributed by atoms with Crippen molar-refractivity contribution >= 4 is 27.7 Å². The molecule has 0 heterocycles. The van der Waals surface area contributed by atoms with Crippen molar-refractivity contribution in [2.24, 2.45) is 0 Å². The predicted octanol–water partition coefficient (Wildman–Crippen LogP) is 3.09. The molecule has 1 rings (SSSR count). The highest BCUT2D eigenvalue weighted by molar-refractivity contribution is 9.09. The Hall–Kier alpha value is -0.240. The molecule has 0 aliphatic heterocycles. The lowest BCUT2D eigenvalue weighted by Gasteiger charge is -2.16. The van der Waals surface area contributed by atoms with Gasteiger partial charge in [0, 0.05) is 10.2 Å². The molecule has 0 saturated carbocycles. The minimum absolute atomic E-state index is 0.0178. The van der Waals surface area contributed by atoms with Crippen molar-refractivity contribution in [2.45, 2.75) is 22.6 Å². The Bertz CT molecular complexity index is 373. The summed E-state index contributed by atoms with van der Waals surface area (Å²) in [6.07, 6.45) is -2.26. The maximum atomic E-state index is 12.1. The molecule has 0 fully saturated rings. The number of benzene rings is 1. The first-order chi connectivity index (χ1) is 7.83. The molecule has 2 unspecified atom stereocenters. The van der Waals surface area contributed by atoms with Crippen molar-refractivity contribution in [1.82, 2.24) is 0 Å². The zero-order chi connectivity index (χ0) is 13.1. The molecule has 0 amide bonds. The fraction of sp³-hybridized carbons (Fsp3) is 0.400. The Morgan fingerprint density at radius 3 is 2.47 bits per heavy atom. The first-order valence-electron chi connectivity index (χ1n) is 4.61. The molecule has 0 aliphatic rings. The Balaban J connectivity index is 2.86. The summed E-state index contributed by atoms with van der Waals surface area (Å²) in [5.74, 6) is 0. The van der Waals surface area contributed by atoms with Crippen LogP contribution in [0.25, 0.3) is 0 Å². The molecular formula is C10H10BrF3O2S. The molecule has 1 aromatic rings. The topological polar surface area (TPSA) is 40.5 Å². The van der Waals surface area contributed by atoms with Gasteiger partial charge in [-0.1, -0.05) is 28.1 Å². The fourth-order valence-electron chi connectivity index (χ4n) is 1.20. The SMILES string of the molecule is OC(CBr)C(O)c1cccc(SC(F)(F)F)c1. The van der Waals surface area contributed by atoms with E-state index < -0.39 is 17.7 Å². The van der Waals surface area contributed by atoms with Crippen LogP contribution in [0.3, 0.4) is 0 Å². The molecule has 0 spiro atoms. The molecule has 0 radical (unpaired) electrons. The number of rotatable bonds is 4. The maximum Gasteiger partial charge on any atom is 0.446 e. The summed E-state index contributed by atoms with van der Waals surface area (Å²) in [4.78, 5) is -0.0178. The summed E-state index contributed by atoms with van der Waals surface area (Å²) in [6, 6.07) is 5.40. The Labute approximate surface area is 109 Å². The fourth-order valence-corrected chi connectivity index (χ4v) is 2.17. The number of aliphatic hydroxyl groups excluding tert-OH is 2. The zero-order valence-corrected chi connectivity index (χ0v) is 10.9. The molecule has 2 nitrogen and oxygen atoms in total. The van der Waals surface area contributed by atoms with Crippen molar-refractivity contribution in [3.63, 3.8) is 0 Å². The van der Waals surface area contributed by atoms with Crippen LogP contribution in [0, 0.1) is 0 Å². The maximum absolute atomic E-state index is 12.1. The van der Waals surface area contributed by atoms with Crippen LogP contribution < -0.4 is 0 Å². The second-order valence-corrected chi connectivity index (χ2v) is 5.07. The van der Waals surface area contributed by atoms with Crippen LogP contribution in [0.15, 0.2) is 29.2 Å². The average molecular weight is 331 g/mol. The lowest BCUT2D eigenvalue weighted by molar-refractivity contribution is -0.0328. The van der Waals surface area contributed by atoms with E-state index in [1.54, 1.807) is 0 Å². The standard InChI is InChI=1S/C10H10BrF3O2S/c11-5-8(15)9(16)6-2-1-3-7(4-6)17-10(12,13)14/h1-4,8-9,15-16H,5H2. The molecule has 0 bridgehead atoms. The Morgan fingerprint density at radius 1 is 1.29 bits per heavy atom. The third-order valence-electron chi connectivity index (χ3n) is 1.96. The van der Waals surface area contributed by atoms with Gasteiger partial charge in [-0.3, -0.25) is 0 Å². The highest BCUT2D eigenvalue weighted by atomic mass is 79.9. The smallest absolute Gasteiger partial charge is 0.389 e. The van der Waals surface area contributed by atoms with Crippen LogP contribution in [0.2, 0.25) is 0 Å². The molecule has 1 aromatic carbocycles. The van der Waals surface area contributed by atoms with E-state index in [-0.39, 0.29) is 27.6 Å². The summed E-state index contributed by atoms with van der Waals surface area (Å²) in [5, 5.41) is 19.2. The average Bonchev–Trinajstić information content (AvgIpc) is 2.25. The second kappa shape index (κ2) is 6.08. The van der Waals surface area contributed by atoms with Gasteiger partial charge in [0.05, 0.1) is 6.10 Å². The Morgan fingerprint density at radius 2 is 1.94 bits per heavy atom. The van der Waals surface area contributed by atoms with Gasteiger partial charge in [0.2, 0.25) is 0 Å². The summed E-state index contributed by atoms with van der Waals surface area (Å²) in [5.41, 5.74) is -4.11. The molecule has 0 aliphatic carbocycles. The third-order valence-corrected chi connectivity index (χ3v) is 3.34. The van der Waals surface area contributed by atoms with Gasteiger partial charge in [-0.15, -0.1) is 0 Å². The van der Waals surface area contributed by atoms with E-state index in [1.165, 1.54) is 24.3 Å². The number of hydrogen-bond donors (Lipinski definition) is 2. The molecule has 7 heteroatoms. The lowest BCUT2D eigenvalue weighted by atomic mass is 10.1. The van der Waals surface area contributed by atoms with Gasteiger partial charge in [0.25, 0.3) is 0 Å². The van der Waals surface area contributed by atoms with Crippen molar-refractivity contribution in [1.29, 1.82) is 0 Å². The predicted molar refractivity (Wildman–Crippen MR) is 63.1 cm³/mol. The van der Waals surface area contributed by atoms with E-state index in [9.17, 15) is 23.4 Å². The van der Waals surface area contributed by atoms with Crippen molar-refractivity contribution in [3.05, 3.63) is 29.8 Å². The summed E-state index contributed by atoms with van der Waals surface area (Å²) >= 11 is 2.73. The van der Waals surface area contributed by atoms with E-state index in [0.717, 1.165) is 0 Å². The van der Waals surface area contributed by atoms with Gasteiger partial charge in [0.15, 0.2) is 0 Å². The van der Waals surface area contributed by atoms with E-state index in [1.807, 2.05) is 0 Å². The summed E-state index contributed by atoms with van der Waals surface area (Å²) < 4.78 is 36.4. The summed E-state index contributed by atoms with van der Waals surface area (Å²) in [7, 11) is 0. The van der Waals surface area contributed by atoms with E-state index in [2.05, 4.69) is 15.9 Å². The molecule has 17 heavy (non-hydrogen) atoms. The van der Waals surface area contributed by atoms with Crippen LogP contribution in [-0.4, -0.2) is 27.2 Å². The first-order valence-corrected chi connectivity index (χ1v) is 6.55. The van der Waals surface area contributed by atoms with Gasteiger partial charge in [-0.05, 0) is 29.5 Å². The first kappa shape index (κ1) is 14.8. The van der Waals surface area contributed by atoms with Crippen LogP contribution >= 0.6 is 27.7 Å². The molecular weight excluding hydrogens is 321 g/mol. The largest absolute Gasteiger partial charge is 0.446 e. The second-order valence-electron chi connectivity index (χ2n) is 3.29. The Kier molecular flexibility index (Phi) is 5.30. The number of alkyl halides is 4. The van der Waals surface area contributed by atoms with Crippen molar-refractivity contribution in [3.8, 4) is 0 Å². The molecule has 0 aromatic heterocycles. The van der Waals surface area contributed by atoms with Gasteiger partial charge in [-0.2, -0.15) is 13.2 Å². The summed E-state index contributed by atoms with van der Waals surface area (Å²) in [6.45, 7) is 0. The quantitative estimate of drug-likeness (QED) is 0.658. The van der Waals surface area contributed by atoms with Gasteiger partial charge < -0.3 is 10.2 Å². The van der Waals surface area contributed by atoms with Crippen LogP contribution in [0.4, 0.5) is 13.2 Å². The third kappa shape index (κ3) is 4.87. The van der Waals surface area contributed by atoms with Crippen molar-refractivity contribution in [2.75, 3.05) is 5.33 Å². The number of aliphatic hydroxyl groups is 2. The highest BCUT2D eigenvalue weighted by Crippen LogP contribution is 2.37. The minimum atomic E-state index is -4.36. The number of hydrogen-bond acceptors (Lipinski definition) is 3. The molecule has 0 saturated heterocycles. The highest BCUT2D eigenvalue weighted by Gasteiger charge is 2.29. The van der Waals surface area contributed by atoms with Crippen LogP contribution in [0.5, 0.6) is 0 Å². The number of halogens is 4. The zero-order valence-electron chi connectivity index (χ0n) is 8.49. The van der Waals surface area contributed by atoms with Crippen molar-refractivity contribution < 1.29 is 23.4 Å². The monoisotopic (exact) mass is 330 g/mol. The molecule has 2 N–H and O–H groups in total. The normalized spacial score (nSPS) is 15.6. The van der Waals surface area contributed by atoms with E-state index in [0.29, 0.717) is 0 Å². The molecule has 2 atom stereocenters. The van der Waals surface area contributed by atoms with Crippen LogP contribution in [-0.2, 0) is 0 Å². The van der Waals surface area contributed by atoms with E-state index >= 15 is 0 Å². The molecule has 96 valence electrons. The van der Waals surface area contributed by atoms with E-state index in [4.69, 9.17) is 0 Å². The number of thioether (sulfide) groups is 1. The lowest BCUT2D eigenvalue weighted by Crippen LogP contribution is -2.19.